The summed E-state index contributed by atoms with van der Waals surface area (Å²) in [7, 11) is 0. The van der Waals surface area contributed by atoms with Crippen molar-refractivity contribution in [2.24, 2.45) is 0 Å². The van der Waals surface area contributed by atoms with E-state index >= 15 is 0 Å². The van der Waals surface area contributed by atoms with Gasteiger partial charge in [0.05, 0.1) is 0 Å². The summed E-state index contributed by atoms with van der Waals surface area (Å²) in [5.41, 5.74) is 0. The molecule has 0 aliphatic rings. The van der Waals surface area contributed by atoms with Gasteiger partial charge in [-0.05, 0) is 0 Å². The SMILES string of the molecule is [Ba+2].[BaH2].[Cl-].[Cl-]. The molecule has 0 atom stereocenters. The molecule has 0 aromatic heterocycles. The van der Waals surface area contributed by atoms with Gasteiger partial charge in [-0.25, -0.2) is 0 Å². The molecule has 0 N–H and O–H groups in total. The monoisotopic (exact) mass is 348 g/mol. The van der Waals surface area contributed by atoms with Crippen LogP contribution in [-0.4, -0.2) is 97.8 Å². The van der Waals surface area contributed by atoms with Gasteiger partial charge in [0.1, 0.15) is 0 Å². The number of halogens is 2. The fourth-order valence-corrected chi connectivity index (χ4v) is 0. The van der Waals surface area contributed by atoms with Crippen LogP contribution in [0.5, 0.6) is 0 Å². The quantitative estimate of drug-likeness (QED) is 0.382. The van der Waals surface area contributed by atoms with Crippen molar-refractivity contribution in [3.63, 3.8) is 0 Å². The maximum atomic E-state index is 0. The van der Waals surface area contributed by atoms with Gasteiger partial charge in [0.2, 0.25) is 0 Å². The van der Waals surface area contributed by atoms with Crippen LogP contribution in [0.25, 0.3) is 0 Å². The van der Waals surface area contributed by atoms with E-state index in [1.165, 1.54) is 0 Å². The van der Waals surface area contributed by atoms with E-state index in [0.29, 0.717) is 0 Å². The summed E-state index contributed by atoms with van der Waals surface area (Å²) in [6, 6.07) is 0. The van der Waals surface area contributed by atoms with Crippen LogP contribution in [0, 0.1) is 0 Å². The molecule has 0 aromatic carbocycles. The Morgan fingerprint density at radius 1 is 0.750 bits per heavy atom. The van der Waals surface area contributed by atoms with E-state index in [1.54, 1.807) is 0 Å². The van der Waals surface area contributed by atoms with Crippen LogP contribution in [-0.2, 0) is 0 Å². The third-order valence-corrected chi connectivity index (χ3v) is 0. The second-order valence-corrected chi connectivity index (χ2v) is 0. The van der Waals surface area contributed by atoms with E-state index in [9.17, 15) is 0 Å². The van der Waals surface area contributed by atoms with E-state index in [1.807, 2.05) is 0 Å². The smallest absolute Gasteiger partial charge is 1.00 e. The van der Waals surface area contributed by atoms with Gasteiger partial charge in [-0.15, -0.1) is 0 Å². The van der Waals surface area contributed by atoms with Crippen molar-refractivity contribution < 1.29 is 24.8 Å². The van der Waals surface area contributed by atoms with Gasteiger partial charge >= 0.3 is 97.8 Å². The third-order valence-electron chi connectivity index (χ3n) is 0. The van der Waals surface area contributed by atoms with Crippen LogP contribution < -0.4 is 24.8 Å². The predicted octanol–water partition coefficient (Wildman–Crippen LogP) is -7.29. The molecule has 0 unspecified atom stereocenters. The zero-order valence-corrected chi connectivity index (χ0v) is 7.42. The summed E-state index contributed by atoms with van der Waals surface area (Å²) in [6.07, 6.45) is 0. The topological polar surface area (TPSA) is 0 Å². The van der Waals surface area contributed by atoms with Crippen LogP contribution in [0.4, 0.5) is 0 Å². The molecule has 0 aliphatic heterocycles. The third kappa shape index (κ3) is 9.21. The fraction of sp³-hybridized carbons (Fsp3) is 0. The van der Waals surface area contributed by atoms with Gasteiger partial charge in [-0.1, -0.05) is 0 Å². The number of hydrogen-bond donors (Lipinski definition) is 0. The van der Waals surface area contributed by atoms with Crippen molar-refractivity contribution in [2.45, 2.75) is 0 Å². The maximum Gasteiger partial charge on any atom is -1.00 e. The summed E-state index contributed by atoms with van der Waals surface area (Å²) in [5.74, 6) is 0. The average molecular weight is 348 g/mol. The van der Waals surface area contributed by atoms with Gasteiger partial charge in [0.25, 0.3) is 0 Å². The summed E-state index contributed by atoms with van der Waals surface area (Å²) < 4.78 is 0. The summed E-state index contributed by atoms with van der Waals surface area (Å²) in [4.78, 5) is 0. The summed E-state index contributed by atoms with van der Waals surface area (Å²) >= 11 is 0. The molecule has 0 aromatic rings. The first kappa shape index (κ1) is 25.2. The normalized spacial score (nSPS) is 0. The van der Waals surface area contributed by atoms with Gasteiger partial charge in [0, 0.05) is 0 Å². The Labute approximate surface area is 119 Å². The van der Waals surface area contributed by atoms with E-state index in [4.69, 9.17) is 0 Å². The molecule has 20 valence electrons. The Balaban J connectivity index is 0. The van der Waals surface area contributed by atoms with E-state index in [-0.39, 0.29) is 123 Å². The Morgan fingerprint density at radius 3 is 0.750 bits per heavy atom. The molecular weight excluding hydrogens is 346 g/mol. The Kier molecular flexibility index (Phi) is 100. The largest absolute Gasteiger partial charge is 1.00 e. The number of rotatable bonds is 0. The van der Waals surface area contributed by atoms with Gasteiger partial charge in [-0.3, -0.25) is 0 Å². The van der Waals surface area contributed by atoms with Crippen LogP contribution in [0.3, 0.4) is 0 Å². The first-order chi connectivity index (χ1) is 0. The first-order valence-corrected chi connectivity index (χ1v) is 0. The van der Waals surface area contributed by atoms with Gasteiger partial charge in [-0.2, -0.15) is 0 Å². The minimum absolute atomic E-state index is 0. The standard InChI is InChI=1S/2Ba.2ClH.2H/h;;2*1H;;/q;+2;;;;/p-2. The van der Waals surface area contributed by atoms with Crippen molar-refractivity contribution in [1.29, 1.82) is 0 Å². The molecule has 0 radical (unpaired) electrons. The molecule has 0 nitrogen and oxygen atoms in total. The van der Waals surface area contributed by atoms with Crippen LogP contribution in [0.2, 0.25) is 0 Å². The number of hydrogen-bond acceptors (Lipinski definition) is 0. The van der Waals surface area contributed by atoms with Crippen molar-refractivity contribution in [1.82, 2.24) is 0 Å². The molecule has 0 heterocycles. The van der Waals surface area contributed by atoms with E-state index in [2.05, 4.69) is 0 Å². The van der Waals surface area contributed by atoms with Crippen molar-refractivity contribution in [3.05, 3.63) is 0 Å². The molecule has 0 rings (SSSR count). The van der Waals surface area contributed by atoms with Crippen molar-refractivity contribution >= 4 is 97.8 Å². The molecule has 0 spiro atoms. The molecule has 0 saturated carbocycles. The maximum absolute atomic E-state index is 0. The molecule has 0 saturated heterocycles. The van der Waals surface area contributed by atoms with Crippen LogP contribution in [0.1, 0.15) is 0 Å². The van der Waals surface area contributed by atoms with Crippen molar-refractivity contribution in [3.8, 4) is 0 Å². The Hall–Kier alpha value is 3.72. The minimum atomic E-state index is 0. The zero-order chi connectivity index (χ0) is 0. The Bertz CT molecular complexity index is 4.00. The van der Waals surface area contributed by atoms with Crippen molar-refractivity contribution in [2.75, 3.05) is 0 Å². The second-order valence-electron chi connectivity index (χ2n) is 0. The molecule has 0 aliphatic carbocycles. The van der Waals surface area contributed by atoms with Crippen LogP contribution >= 0.6 is 0 Å². The average Bonchev–Trinajstić information content (AvgIpc) is 0. The van der Waals surface area contributed by atoms with Crippen LogP contribution in [0.15, 0.2) is 0 Å². The predicted molar refractivity (Wildman–Crippen MR) is 14.3 cm³/mol. The molecule has 0 amide bonds. The molecule has 4 heavy (non-hydrogen) atoms. The summed E-state index contributed by atoms with van der Waals surface area (Å²) in [6.45, 7) is 0. The summed E-state index contributed by atoms with van der Waals surface area (Å²) in [5, 5.41) is 0. The minimum Gasteiger partial charge on any atom is -1.00 e. The first-order valence-electron chi connectivity index (χ1n) is 0. The fourth-order valence-electron chi connectivity index (χ4n) is 0. The molecular formula is H2Ba2Cl2. The van der Waals surface area contributed by atoms with E-state index < -0.39 is 0 Å². The van der Waals surface area contributed by atoms with E-state index in [0.717, 1.165) is 0 Å². The zero-order valence-electron chi connectivity index (χ0n) is 1.46. The molecule has 0 fully saturated rings. The second kappa shape index (κ2) is 15.9. The molecule has 0 bridgehead atoms. The van der Waals surface area contributed by atoms with Gasteiger partial charge < -0.3 is 24.8 Å². The van der Waals surface area contributed by atoms with Gasteiger partial charge in [0.15, 0.2) is 0 Å². The Morgan fingerprint density at radius 2 is 0.750 bits per heavy atom. The molecule has 4 heteroatoms.